The van der Waals surface area contributed by atoms with Gasteiger partial charge in [-0.15, -0.1) is 0 Å². The highest BCUT2D eigenvalue weighted by Gasteiger charge is 2.16. The van der Waals surface area contributed by atoms with Gasteiger partial charge in [-0.25, -0.2) is 0 Å². The predicted octanol–water partition coefficient (Wildman–Crippen LogP) is 4.38. The van der Waals surface area contributed by atoms with E-state index in [2.05, 4.69) is 6.92 Å². The van der Waals surface area contributed by atoms with Gasteiger partial charge in [-0.1, -0.05) is 51.9 Å². The van der Waals surface area contributed by atoms with Crippen LogP contribution in [0.3, 0.4) is 0 Å². The summed E-state index contributed by atoms with van der Waals surface area (Å²) < 4.78 is 5.06. The van der Waals surface area contributed by atoms with Gasteiger partial charge < -0.3 is 9.84 Å². The summed E-state index contributed by atoms with van der Waals surface area (Å²) in [5.74, 6) is 0.525. The Morgan fingerprint density at radius 1 is 1.05 bits per heavy atom. The second kappa shape index (κ2) is 10.4. The van der Waals surface area contributed by atoms with Gasteiger partial charge in [0.15, 0.2) is 5.78 Å². The largest absolute Gasteiger partial charge is 0.497 e. The average Bonchev–Trinajstić information content (AvgIpc) is 2.53. The topological polar surface area (TPSA) is 46.5 Å². The van der Waals surface area contributed by atoms with E-state index in [9.17, 15) is 9.90 Å². The lowest BCUT2D eigenvalue weighted by Crippen LogP contribution is -2.20. The van der Waals surface area contributed by atoms with E-state index in [0.717, 1.165) is 12.8 Å². The summed E-state index contributed by atoms with van der Waals surface area (Å²) in [4.78, 5) is 12.1. The number of rotatable bonds is 11. The molecule has 0 saturated carbocycles. The maximum atomic E-state index is 12.1. The van der Waals surface area contributed by atoms with Crippen molar-refractivity contribution in [3.63, 3.8) is 0 Å². The van der Waals surface area contributed by atoms with Gasteiger partial charge in [0.2, 0.25) is 0 Å². The number of carbonyl (C=O) groups excluding carboxylic acids is 1. The Kier molecular flexibility index (Phi) is 8.76. The van der Waals surface area contributed by atoms with E-state index in [1.54, 1.807) is 31.4 Å². The van der Waals surface area contributed by atoms with Crippen LogP contribution in [-0.4, -0.2) is 24.1 Å². The molecule has 0 fully saturated rings. The summed E-state index contributed by atoms with van der Waals surface area (Å²) in [7, 11) is 1.59. The number of ether oxygens (including phenoxy) is 1. The second-order valence-electron chi connectivity index (χ2n) is 5.52. The van der Waals surface area contributed by atoms with Gasteiger partial charge in [0.1, 0.15) is 11.9 Å². The van der Waals surface area contributed by atoms with Gasteiger partial charge in [-0.3, -0.25) is 4.79 Å². The SMILES string of the molecule is CCCCCCCCC[C@H](O)C(=O)c1ccc(OC)cc1. The average molecular weight is 292 g/mol. The van der Waals surface area contributed by atoms with Crippen LogP contribution < -0.4 is 4.74 Å². The number of aliphatic hydroxyl groups is 1. The van der Waals surface area contributed by atoms with Crippen LogP contribution in [-0.2, 0) is 0 Å². The van der Waals surface area contributed by atoms with Crippen LogP contribution in [0, 0.1) is 0 Å². The van der Waals surface area contributed by atoms with Gasteiger partial charge in [0.05, 0.1) is 7.11 Å². The molecule has 1 aromatic carbocycles. The van der Waals surface area contributed by atoms with E-state index in [0.29, 0.717) is 17.7 Å². The van der Waals surface area contributed by atoms with E-state index in [-0.39, 0.29) is 5.78 Å². The molecular weight excluding hydrogens is 264 g/mol. The number of hydrogen-bond acceptors (Lipinski definition) is 3. The quantitative estimate of drug-likeness (QED) is 0.486. The summed E-state index contributed by atoms with van der Waals surface area (Å²) in [5.41, 5.74) is 0.547. The number of benzene rings is 1. The van der Waals surface area contributed by atoms with Crippen LogP contribution in [0.25, 0.3) is 0 Å². The maximum absolute atomic E-state index is 12.1. The molecule has 3 heteroatoms. The summed E-state index contributed by atoms with van der Waals surface area (Å²) in [6, 6.07) is 6.89. The number of ketones is 1. The Bertz CT molecular complexity index is 397. The zero-order valence-electron chi connectivity index (χ0n) is 13.3. The Morgan fingerprint density at radius 3 is 2.19 bits per heavy atom. The fourth-order valence-corrected chi connectivity index (χ4v) is 2.37. The minimum atomic E-state index is -0.881. The fourth-order valence-electron chi connectivity index (χ4n) is 2.37. The van der Waals surface area contributed by atoms with Crippen molar-refractivity contribution in [3.8, 4) is 5.75 Å². The van der Waals surface area contributed by atoms with Crippen molar-refractivity contribution in [2.75, 3.05) is 7.11 Å². The van der Waals surface area contributed by atoms with Crippen LogP contribution >= 0.6 is 0 Å². The normalized spacial score (nSPS) is 12.1. The number of hydrogen-bond donors (Lipinski definition) is 1. The standard InChI is InChI=1S/C18H28O3/c1-3-4-5-6-7-8-9-10-17(19)18(20)15-11-13-16(21-2)14-12-15/h11-14,17,19H,3-10H2,1-2H3/t17-/m0/s1. The molecule has 0 radical (unpaired) electrons. The molecule has 0 aliphatic rings. The molecule has 0 saturated heterocycles. The zero-order valence-corrected chi connectivity index (χ0v) is 13.3. The summed E-state index contributed by atoms with van der Waals surface area (Å²) in [6.45, 7) is 2.21. The molecule has 0 heterocycles. The van der Waals surface area contributed by atoms with Gasteiger partial charge >= 0.3 is 0 Å². The van der Waals surface area contributed by atoms with Gasteiger partial charge in [-0.05, 0) is 30.7 Å². The van der Waals surface area contributed by atoms with Gasteiger partial charge in [0.25, 0.3) is 0 Å². The van der Waals surface area contributed by atoms with Crippen molar-refractivity contribution in [3.05, 3.63) is 29.8 Å². The molecule has 1 aromatic rings. The number of aliphatic hydroxyl groups excluding tert-OH is 1. The third-order valence-electron chi connectivity index (χ3n) is 3.76. The Labute approximate surface area is 128 Å². The minimum Gasteiger partial charge on any atom is -0.497 e. The van der Waals surface area contributed by atoms with E-state index >= 15 is 0 Å². The molecule has 3 nitrogen and oxygen atoms in total. The Morgan fingerprint density at radius 2 is 1.62 bits per heavy atom. The lowest BCUT2D eigenvalue weighted by atomic mass is 10.0. The molecule has 21 heavy (non-hydrogen) atoms. The molecule has 1 atom stereocenters. The third-order valence-corrected chi connectivity index (χ3v) is 3.76. The highest BCUT2D eigenvalue weighted by molar-refractivity contribution is 5.99. The van der Waals surface area contributed by atoms with Crippen LogP contribution in [0.2, 0.25) is 0 Å². The molecule has 0 aromatic heterocycles. The first-order valence-electron chi connectivity index (χ1n) is 8.05. The number of carbonyl (C=O) groups is 1. The number of Topliss-reactive ketones (excluding diaryl/α,β-unsaturated/α-hetero) is 1. The van der Waals surface area contributed by atoms with E-state index in [4.69, 9.17) is 4.74 Å². The first-order chi connectivity index (χ1) is 10.2. The van der Waals surface area contributed by atoms with Crippen LogP contribution in [0.1, 0.15) is 68.6 Å². The highest BCUT2D eigenvalue weighted by Crippen LogP contribution is 2.15. The molecule has 0 unspecified atom stereocenters. The lowest BCUT2D eigenvalue weighted by Gasteiger charge is -2.10. The first-order valence-corrected chi connectivity index (χ1v) is 8.05. The maximum Gasteiger partial charge on any atom is 0.191 e. The van der Waals surface area contributed by atoms with Crippen molar-refractivity contribution in [1.29, 1.82) is 0 Å². The molecular formula is C18H28O3. The molecule has 0 amide bonds. The van der Waals surface area contributed by atoms with Crippen molar-refractivity contribution in [1.82, 2.24) is 0 Å². The highest BCUT2D eigenvalue weighted by atomic mass is 16.5. The van der Waals surface area contributed by atoms with E-state index in [1.165, 1.54) is 32.1 Å². The Balaban J connectivity index is 2.24. The molecule has 0 spiro atoms. The van der Waals surface area contributed by atoms with Gasteiger partial charge in [0, 0.05) is 5.56 Å². The third kappa shape index (κ3) is 6.76. The zero-order chi connectivity index (χ0) is 15.5. The van der Waals surface area contributed by atoms with Crippen LogP contribution in [0.4, 0.5) is 0 Å². The molecule has 0 bridgehead atoms. The molecule has 1 N–H and O–H groups in total. The van der Waals surface area contributed by atoms with Crippen molar-refractivity contribution >= 4 is 5.78 Å². The summed E-state index contributed by atoms with van der Waals surface area (Å²) >= 11 is 0. The minimum absolute atomic E-state index is 0.191. The van der Waals surface area contributed by atoms with Crippen molar-refractivity contribution in [2.24, 2.45) is 0 Å². The van der Waals surface area contributed by atoms with E-state index < -0.39 is 6.10 Å². The number of unbranched alkanes of at least 4 members (excludes halogenated alkanes) is 6. The van der Waals surface area contributed by atoms with Crippen LogP contribution in [0.5, 0.6) is 5.75 Å². The van der Waals surface area contributed by atoms with Crippen molar-refractivity contribution < 1.29 is 14.6 Å². The van der Waals surface area contributed by atoms with Gasteiger partial charge in [-0.2, -0.15) is 0 Å². The monoisotopic (exact) mass is 292 g/mol. The predicted molar refractivity (Wildman–Crippen MR) is 85.9 cm³/mol. The molecule has 1 rings (SSSR count). The molecule has 118 valence electrons. The molecule has 0 aliphatic carbocycles. The van der Waals surface area contributed by atoms with Crippen LogP contribution in [0.15, 0.2) is 24.3 Å². The Hall–Kier alpha value is -1.35. The van der Waals surface area contributed by atoms with E-state index in [1.807, 2.05) is 0 Å². The lowest BCUT2D eigenvalue weighted by molar-refractivity contribution is 0.0725. The fraction of sp³-hybridized carbons (Fsp3) is 0.611. The first kappa shape index (κ1) is 17.7. The summed E-state index contributed by atoms with van der Waals surface area (Å²) in [6.07, 6.45) is 8.00. The summed E-state index contributed by atoms with van der Waals surface area (Å²) in [5, 5.41) is 9.96. The van der Waals surface area contributed by atoms with Crippen molar-refractivity contribution in [2.45, 2.75) is 64.4 Å². The number of methoxy groups -OCH3 is 1. The second-order valence-corrected chi connectivity index (χ2v) is 5.52. The molecule has 0 aliphatic heterocycles. The smallest absolute Gasteiger partial charge is 0.191 e.